The molecule has 2 saturated heterocycles. The van der Waals surface area contributed by atoms with Gasteiger partial charge in [-0.2, -0.15) is 4.98 Å². The molecule has 4 aromatic heterocycles. The summed E-state index contributed by atoms with van der Waals surface area (Å²) in [4.78, 5) is 45.4. The number of nitrogens with two attached hydrogens (primary N) is 2. The number of fused-ring (bicyclic) bond motifs is 2. The van der Waals surface area contributed by atoms with Crippen molar-refractivity contribution < 1.29 is 42.4 Å². The van der Waals surface area contributed by atoms with Gasteiger partial charge in [-0.1, -0.05) is 11.8 Å². The molecular weight excluding hydrogens is 701 g/mol. The standard InChI is InChI=1S/C20H25FN10O9P2S3/c21-8-12(39-41(43)44)6(38-18(8)30-4-26-9-14(22)24-3-25-15(9)30)2-37-42(35,36)40-13-11(33)7(1-32)45-19(13)31-5-27-10-16(31)28-20(23)29-17(10)34/h3-8,11-13,18-19,32-33,41H,1-2H2,(H,35,36)(H,43,44)(H2,22,24,25)(H3,23,28,29,34)/t6-,7-,8+,11-,12-,13-,18-,19-/m1/s1. The van der Waals surface area contributed by atoms with Crippen molar-refractivity contribution in [3.05, 3.63) is 29.3 Å². The fourth-order valence-corrected chi connectivity index (χ4v) is 8.71. The number of phosphoric acid groups is 1. The first kappa shape index (κ1) is 32.7. The van der Waals surface area contributed by atoms with Gasteiger partial charge in [-0.3, -0.25) is 28.0 Å². The second kappa shape index (κ2) is 12.7. The minimum atomic E-state index is -5.05. The number of thiol groups is 1. The Hall–Kier alpha value is -2.27. The van der Waals surface area contributed by atoms with Crippen LogP contribution in [0.4, 0.5) is 16.2 Å². The highest BCUT2D eigenvalue weighted by molar-refractivity contribution is 8.54. The largest absolute Gasteiger partial charge is 0.472 e. The molecule has 2 aliphatic rings. The zero-order valence-electron chi connectivity index (χ0n) is 22.4. The molecule has 2 fully saturated rings. The lowest BCUT2D eigenvalue weighted by Gasteiger charge is -2.26. The fourth-order valence-electron chi connectivity index (χ4n) is 5.05. The summed E-state index contributed by atoms with van der Waals surface area (Å²) < 4.78 is 53.6. The maximum absolute atomic E-state index is 15.8. The molecule has 45 heavy (non-hydrogen) atoms. The van der Waals surface area contributed by atoms with Gasteiger partial charge in [0.1, 0.15) is 41.7 Å². The number of hydrogen-bond acceptors (Lipinski definition) is 17. The number of aromatic nitrogens is 8. The van der Waals surface area contributed by atoms with Gasteiger partial charge < -0.3 is 35.8 Å². The zero-order valence-corrected chi connectivity index (χ0v) is 26.9. The number of halogens is 1. The molecule has 0 radical (unpaired) electrons. The number of nitrogens with zero attached hydrogens (tertiary/aromatic N) is 7. The molecule has 244 valence electrons. The topological polar surface area (TPSA) is 274 Å². The summed E-state index contributed by atoms with van der Waals surface area (Å²) in [6, 6.07) is 0. The summed E-state index contributed by atoms with van der Waals surface area (Å²) in [5, 5.41) is 18.8. The summed E-state index contributed by atoms with van der Waals surface area (Å²) in [5.41, 5.74) is 11.2. The molecule has 2 unspecified atom stereocenters. The van der Waals surface area contributed by atoms with E-state index in [2.05, 4.69) is 42.2 Å². The number of H-pyrrole nitrogens is 1. The van der Waals surface area contributed by atoms with Crippen LogP contribution in [0.2, 0.25) is 0 Å². The molecule has 2 aliphatic heterocycles. The molecule has 0 bridgehead atoms. The quantitative estimate of drug-likeness (QED) is 0.0812. The van der Waals surface area contributed by atoms with Crippen LogP contribution in [0, 0.1) is 0 Å². The van der Waals surface area contributed by atoms with Crippen molar-refractivity contribution in [2.24, 2.45) is 0 Å². The summed E-state index contributed by atoms with van der Waals surface area (Å²) in [5.74, 6) is -0.152. The number of imidazole rings is 2. The number of nitrogen functional groups attached to an aromatic ring is 2. The van der Waals surface area contributed by atoms with E-state index in [1.165, 1.54) is 28.1 Å². The maximum atomic E-state index is 15.8. The average molecular weight is 727 g/mol. The first-order chi connectivity index (χ1) is 21.4. The van der Waals surface area contributed by atoms with E-state index in [1.54, 1.807) is 0 Å². The molecule has 25 heteroatoms. The Morgan fingerprint density at radius 1 is 1.20 bits per heavy atom. The lowest BCUT2D eigenvalue weighted by molar-refractivity contribution is -0.0492. The van der Waals surface area contributed by atoms with Crippen LogP contribution in [0.3, 0.4) is 0 Å². The minimum Gasteiger partial charge on any atom is -0.395 e. The van der Waals surface area contributed by atoms with E-state index in [0.29, 0.717) is 0 Å². The van der Waals surface area contributed by atoms with Gasteiger partial charge in [0.15, 0.2) is 35.0 Å². The molecule has 10 atom stereocenters. The van der Waals surface area contributed by atoms with Crippen LogP contribution in [0.15, 0.2) is 23.8 Å². The Labute approximate surface area is 266 Å². The molecule has 4 aromatic rings. The van der Waals surface area contributed by atoms with Crippen LogP contribution in [0.5, 0.6) is 0 Å². The average Bonchev–Trinajstić information content (AvgIpc) is 3.73. The van der Waals surface area contributed by atoms with E-state index in [9.17, 15) is 24.5 Å². The Bertz CT molecular complexity index is 1870. The Balaban J connectivity index is 1.22. The van der Waals surface area contributed by atoms with E-state index in [0.717, 1.165) is 11.8 Å². The maximum Gasteiger partial charge on any atom is 0.472 e. The van der Waals surface area contributed by atoms with E-state index in [1.807, 2.05) is 0 Å². The monoisotopic (exact) mass is 726 g/mol. The third kappa shape index (κ3) is 6.24. The van der Waals surface area contributed by atoms with E-state index in [-0.39, 0.29) is 34.1 Å². The number of hydrogen-bond donors (Lipinski definition) is 7. The molecule has 6 heterocycles. The van der Waals surface area contributed by atoms with Crippen molar-refractivity contribution in [3.63, 3.8) is 0 Å². The van der Waals surface area contributed by atoms with Crippen molar-refractivity contribution in [1.82, 2.24) is 39.0 Å². The zero-order chi connectivity index (χ0) is 32.2. The molecule has 6 rings (SSSR count). The second-order valence-corrected chi connectivity index (χ2v) is 16.6. The number of aliphatic hydroxyl groups is 2. The number of phosphoric ester groups is 1. The Kier molecular flexibility index (Phi) is 9.24. The van der Waals surface area contributed by atoms with Crippen molar-refractivity contribution in [1.29, 1.82) is 0 Å². The predicted octanol–water partition coefficient (Wildman–Crippen LogP) is -0.350. The second-order valence-electron chi connectivity index (χ2n) is 9.79. The normalized spacial score (nSPS) is 30.7. The van der Waals surface area contributed by atoms with Crippen molar-refractivity contribution in [3.8, 4) is 0 Å². The van der Waals surface area contributed by atoms with Crippen LogP contribution in [-0.4, -0.2) is 103 Å². The highest BCUT2D eigenvalue weighted by Crippen LogP contribution is 2.54. The predicted molar refractivity (Wildman–Crippen MR) is 165 cm³/mol. The molecule has 0 amide bonds. The lowest BCUT2D eigenvalue weighted by Crippen LogP contribution is -2.35. The fraction of sp³-hybridized carbons (Fsp3) is 0.500. The van der Waals surface area contributed by atoms with Crippen molar-refractivity contribution in [2.75, 3.05) is 24.7 Å². The van der Waals surface area contributed by atoms with Crippen LogP contribution in [0.25, 0.3) is 22.3 Å². The first-order valence-electron chi connectivity index (χ1n) is 12.8. The van der Waals surface area contributed by atoms with Crippen LogP contribution in [-0.2, 0) is 34.7 Å². The molecule has 0 aromatic carbocycles. The third-order valence-electron chi connectivity index (χ3n) is 7.04. The highest BCUT2D eigenvalue weighted by atomic mass is 32.9. The molecule has 0 spiro atoms. The van der Waals surface area contributed by atoms with E-state index < -0.39 is 80.2 Å². The van der Waals surface area contributed by atoms with Gasteiger partial charge >= 0.3 is 7.82 Å². The van der Waals surface area contributed by atoms with Gasteiger partial charge in [-0.05, 0) is 0 Å². The third-order valence-corrected chi connectivity index (χ3v) is 10.7. The number of aromatic amines is 1. The van der Waals surface area contributed by atoms with Gasteiger partial charge in [-0.25, -0.2) is 28.9 Å². The number of aliphatic hydroxyl groups excluding tert-OH is 2. The minimum absolute atomic E-state index is 0.00791. The first-order valence-corrected chi connectivity index (χ1v) is 19.1. The van der Waals surface area contributed by atoms with Crippen molar-refractivity contribution >= 4 is 83.9 Å². The van der Waals surface area contributed by atoms with Gasteiger partial charge in [0, 0.05) is 0 Å². The number of ether oxygens (including phenoxy) is 1. The molecule has 19 nitrogen and oxygen atoms in total. The SMILES string of the molecule is Nc1nc2c(ncn2[C@@H]2S[C@H](CO)[C@@H](O)[C@H]2OP(=O)(O)OC[C@H]2O[C@@H](n3cnc4c(N)ncnc43)[C@@H](F)[C@@H]2O[PH](=S)S)c(=O)[nH]1. The lowest BCUT2D eigenvalue weighted by atomic mass is 10.1. The molecule has 8 N–H and O–H groups in total. The molecule has 0 saturated carbocycles. The number of alkyl halides is 1. The van der Waals surface area contributed by atoms with Crippen LogP contribution < -0.4 is 17.0 Å². The molecular formula is C20H25FN10O9P2S3. The van der Waals surface area contributed by atoms with Gasteiger partial charge in [0.2, 0.25) is 5.95 Å². The molecule has 0 aliphatic carbocycles. The van der Waals surface area contributed by atoms with E-state index in [4.69, 9.17) is 41.6 Å². The van der Waals surface area contributed by atoms with Gasteiger partial charge in [-0.15, -0.1) is 24.0 Å². The highest BCUT2D eigenvalue weighted by Gasteiger charge is 2.51. The number of rotatable bonds is 10. The van der Waals surface area contributed by atoms with Crippen LogP contribution in [0.1, 0.15) is 11.6 Å². The van der Waals surface area contributed by atoms with Gasteiger partial charge in [0.05, 0.1) is 37.2 Å². The Morgan fingerprint density at radius 3 is 2.67 bits per heavy atom. The smallest absolute Gasteiger partial charge is 0.395 e. The van der Waals surface area contributed by atoms with Gasteiger partial charge in [0.25, 0.3) is 5.56 Å². The van der Waals surface area contributed by atoms with E-state index >= 15 is 4.39 Å². The number of thioether (sulfide) groups is 1. The Morgan fingerprint density at radius 2 is 1.93 bits per heavy atom. The van der Waals surface area contributed by atoms with Crippen LogP contribution >= 0.6 is 38.0 Å². The summed E-state index contributed by atoms with van der Waals surface area (Å²) in [6.45, 7) is -1.24. The summed E-state index contributed by atoms with van der Waals surface area (Å²) in [7, 11) is -5.05. The number of nitrogens with one attached hydrogen (secondary N) is 1. The summed E-state index contributed by atoms with van der Waals surface area (Å²) >= 11 is 10.1. The summed E-state index contributed by atoms with van der Waals surface area (Å²) in [6.07, 6.45) is -7.44. The van der Waals surface area contributed by atoms with Crippen molar-refractivity contribution in [2.45, 2.75) is 47.4 Å². The number of anilines is 2.